The van der Waals surface area contributed by atoms with Crippen molar-refractivity contribution >= 4 is 57.6 Å². The van der Waals surface area contributed by atoms with Gasteiger partial charge in [-0.05, 0) is 43.0 Å². The molecule has 1 heterocycles. The summed E-state index contributed by atoms with van der Waals surface area (Å²) in [5.74, 6) is -2.04. The lowest BCUT2D eigenvalue weighted by Gasteiger charge is -2.17. The Morgan fingerprint density at radius 3 is 2.51 bits per heavy atom. The van der Waals surface area contributed by atoms with Gasteiger partial charge in [-0.3, -0.25) is 10.1 Å². The van der Waals surface area contributed by atoms with Gasteiger partial charge in [0, 0.05) is 39.8 Å². The van der Waals surface area contributed by atoms with Gasteiger partial charge in [0.25, 0.3) is 5.91 Å². The predicted octanol–water partition coefficient (Wildman–Crippen LogP) is 7.95. The largest absolute Gasteiger partial charge is 0.478 e. The van der Waals surface area contributed by atoms with Gasteiger partial charge in [0.1, 0.15) is 5.82 Å². The third kappa shape index (κ3) is 7.85. The second-order valence-corrected chi connectivity index (χ2v) is 11.3. The Bertz CT molecular complexity index is 1330. The number of carboxylic acid groups (broad SMARTS) is 1. The van der Waals surface area contributed by atoms with Crippen LogP contribution in [0.5, 0.6) is 0 Å². The van der Waals surface area contributed by atoms with Crippen LogP contribution >= 0.6 is 34.5 Å². The number of hydrogen-bond acceptors (Lipinski definition) is 5. The number of carboxylic acids is 1. The molecule has 3 aromatic rings. The maximum Gasteiger partial charge on any atom is 0.331 e. The number of halogens is 3. The first-order chi connectivity index (χ1) is 17.4. The molecule has 0 aliphatic rings. The molecule has 0 radical (unpaired) electrons. The molecule has 3 rings (SSSR count). The van der Waals surface area contributed by atoms with Gasteiger partial charge in [0.2, 0.25) is 0 Å². The van der Waals surface area contributed by atoms with Crippen LogP contribution in [0.3, 0.4) is 0 Å². The summed E-state index contributed by atoms with van der Waals surface area (Å²) in [6, 6.07) is 7.82. The summed E-state index contributed by atoms with van der Waals surface area (Å²) in [7, 11) is 0. The van der Waals surface area contributed by atoms with E-state index in [0.29, 0.717) is 29.0 Å². The number of nitrogens with one attached hydrogen (secondary N) is 1. The van der Waals surface area contributed by atoms with Crippen molar-refractivity contribution in [1.82, 2.24) is 4.98 Å². The number of aromatic nitrogens is 1. The minimum atomic E-state index is -1.11. The third-order valence-corrected chi connectivity index (χ3v) is 6.76. The molecule has 0 fully saturated rings. The number of ether oxygens (including phenoxy) is 1. The molecule has 0 bridgehead atoms. The van der Waals surface area contributed by atoms with E-state index in [1.54, 1.807) is 23.6 Å². The minimum Gasteiger partial charge on any atom is -0.478 e. The van der Waals surface area contributed by atoms with E-state index >= 15 is 4.39 Å². The fourth-order valence-corrected chi connectivity index (χ4v) is 4.51. The third-order valence-electron chi connectivity index (χ3n) is 5.37. The summed E-state index contributed by atoms with van der Waals surface area (Å²) >= 11 is 13.6. The fourth-order valence-electron chi connectivity index (χ4n) is 3.21. The van der Waals surface area contributed by atoms with Crippen LogP contribution in [-0.4, -0.2) is 28.6 Å². The molecule has 2 aromatic carbocycles. The molecule has 2 N–H and O–H groups in total. The van der Waals surface area contributed by atoms with Crippen LogP contribution in [0.1, 0.15) is 55.6 Å². The van der Waals surface area contributed by atoms with Gasteiger partial charge < -0.3 is 9.84 Å². The maximum atomic E-state index is 15.1. The van der Waals surface area contributed by atoms with E-state index in [1.807, 2.05) is 0 Å². The molecule has 0 unspecified atom stereocenters. The van der Waals surface area contributed by atoms with Crippen LogP contribution in [-0.2, 0) is 16.1 Å². The Hall–Kier alpha value is -2.78. The topological polar surface area (TPSA) is 88.5 Å². The van der Waals surface area contributed by atoms with Crippen LogP contribution in [0.4, 0.5) is 9.52 Å². The van der Waals surface area contributed by atoms with Crippen molar-refractivity contribution in [3.05, 3.63) is 73.8 Å². The quantitative estimate of drug-likeness (QED) is 0.203. The van der Waals surface area contributed by atoms with Crippen LogP contribution in [0.15, 0.2) is 41.3 Å². The van der Waals surface area contributed by atoms with E-state index in [1.165, 1.54) is 25.1 Å². The summed E-state index contributed by atoms with van der Waals surface area (Å²) in [5.41, 5.74) is 1.77. The molecule has 10 heteroatoms. The average Bonchev–Trinajstić information content (AvgIpc) is 3.27. The molecule has 0 spiro atoms. The van der Waals surface area contributed by atoms with Gasteiger partial charge >= 0.3 is 5.97 Å². The van der Waals surface area contributed by atoms with Gasteiger partial charge in [-0.25, -0.2) is 14.2 Å². The molecule has 0 aliphatic heterocycles. The van der Waals surface area contributed by atoms with Gasteiger partial charge in [-0.1, -0.05) is 56.1 Å². The first kappa shape index (κ1) is 28.8. The zero-order valence-corrected chi connectivity index (χ0v) is 23.2. The zero-order valence-electron chi connectivity index (χ0n) is 20.8. The number of nitrogens with zero attached hydrogens (tertiary/aromatic N) is 1. The van der Waals surface area contributed by atoms with Gasteiger partial charge in [0.15, 0.2) is 5.13 Å². The molecule has 1 amide bonds. The Morgan fingerprint density at radius 2 is 1.89 bits per heavy atom. The Labute approximate surface area is 229 Å². The molecule has 0 saturated heterocycles. The van der Waals surface area contributed by atoms with E-state index in [0.717, 1.165) is 17.8 Å². The number of carbonyl (C=O) groups excluding carboxylic acids is 1. The molecular formula is C27H27Cl2FN2O4S. The van der Waals surface area contributed by atoms with E-state index in [2.05, 4.69) is 31.1 Å². The van der Waals surface area contributed by atoms with E-state index in [4.69, 9.17) is 33.0 Å². The summed E-state index contributed by atoms with van der Waals surface area (Å²) in [4.78, 5) is 28.2. The number of hydrogen-bond donors (Lipinski definition) is 2. The highest BCUT2D eigenvalue weighted by atomic mass is 35.5. The van der Waals surface area contributed by atoms with Crippen LogP contribution in [0.2, 0.25) is 10.0 Å². The molecule has 0 saturated carbocycles. The number of amides is 1. The average molecular weight is 565 g/mol. The maximum absolute atomic E-state index is 15.1. The summed E-state index contributed by atoms with van der Waals surface area (Å²) < 4.78 is 20.8. The van der Waals surface area contributed by atoms with Crippen molar-refractivity contribution in [2.45, 2.75) is 40.7 Å². The second-order valence-electron chi connectivity index (χ2n) is 9.62. The van der Waals surface area contributed by atoms with Gasteiger partial charge in [-0.15, -0.1) is 11.3 Å². The Kier molecular flexibility index (Phi) is 9.47. The van der Waals surface area contributed by atoms with Crippen LogP contribution in [0.25, 0.3) is 17.3 Å². The molecule has 0 aliphatic carbocycles. The van der Waals surface area contributed by atoms with Crippen molar-refractivity contribution in [3.63, 3.8) is 0 Å². The van der Waals surface area contributed by atoms with Crippen LogP contribution < -0.4 is 5.32 Å². The zero-order chi connectivity index (χ0) is 27.3. The van der Waals surface area contributed by atoms with Gasteiger partial charge in [0.05, 0.1) is 22.3 Å². The lowest BCUT2D eigenvalue weighted by molar-refractivity contribution is -0.132. The highest BCUT2D eigenvalue weighted by molar-refractivity contribution is 7.14. The summed E-state index contributed by atoms with van der Waals surface area (Å²) in [5, 5.41) is 13.9. The van der Waals surface area contributed by atoms with Gasteiger partial charge in [-0.2, -0.15) is 0 Å². The van der Waals surface area contributed by atoms with E-state index in [-0.39, 0.29) is 38.3 Å². The summed E-state index contributed by atoms with van der Waals surface area (Å²) in [6.07, 6.45) is 2.20. The number of anilines is 1. The molecule has 37 heavy (non-hydrogen) atoms. The highest BCUT2D eigenvalue weighted by Crippen LogP contribution is 2.31. The van der Waals surface area contributed by atoms with Crippen molar-refractivity contribution in [2.24, 2.45) is 5.41 Å². The van der Waals surface area contributed by atoms with Crippen molar-refractivity contribution in [3.8, 4) is 11.3 Å². The number of carbonyl (C=O) groups is 2. The molecular weight excluding hydrogens is 538 g/mol. The second kappa shape index (κ2) is 12.2. The number of thiazole rings is 1. The molecule has 0 atom stereocenters. The number of benzene rings is 2. The normalized spacial score (nSPS) is 12.0. The SMILES string of the molecule is CC(=Cc1c(Cl)cc(C(=O)Nc2nc(-c3cccc(COCCC(C)(C)C)c3F)cs2)cc1Cl)C(=O)O. The minimum absolute atomic E-state index is 0.0455. The highest BCUT2D eigenvalue weighted by Gasteiger charge is 2.17. The van der Waals surface area contributed by atoms with E-state index in [9.17, 15) is 9.59 Å². The lowest BCUT2D eigenvalue weighted by Crippen LogP contribution is -2.12. The first-order valence-electron chi connectivity index (χ1n) is 11.4. The first-order valence-corrected chi connectivity index (χ1v) is 13.0. The Morgan fingerprint density at radius 1 is 1.22 bits per heavy atom. The molecule has 6 nitrogen and oxygen atoms in total. The monoisotopic (exact) mass is 564 g/mol. The number of rotatable bonds is 9. The smallest absolute Gasteiger partial charge is 0.331 e. The fraction of sp³-hybridized carbons (Fsp3) is 0.296. The standard InChI is InChI=1S/C27H27Cl2FN2O4S/c1-15(25(34)35)10-19-20(28)11-17(12-21(19)29)24(33)32-26-31-22(14-37-26)18-7-5-6-16(23(18)30)13-36-9-8-27(2,3)4/h5-7,10-12,14H,8-9,13H2,1-4H3,(H,34,35)(H,31,32,33). The van der Waals surface area contributed by atoms with Crippen molar-refractivity contribution in [1.29, 1.82) is 0 Å². The molecule has 1 aromatic heterocycles. The van der Waals surface area contributed by atoms with Crippen LogP contribution in [0, 0.1) is 11.2 Å². The van der Waals surface area contributed by atoms with E-state index < -0.39 is 17.7 Å². The molecule has 196 valence electrons. The summed E-state index contributed by atoms with van der Waals surface area (Å²) in [6.45, 7) is 8.46. The predicted molar refractivity (Wildman–Crippen MR) is 147 cm³/mol. The lowest BCUT2D eigenvalue weighted by atomic mass is 9.93. The Balaban J connectivity index is 1.73. The van der Waals surface area contributed by atoms with Crippen molar-refractivity contribution < 1.29 is 23.8 Å². The van der Waals surface area contributed by atoms with Crippen molar-refractivity contribution in [2.75, 3.05) is 11.9 Å². The number of aliphatic carboxylic acids is 1.